The van der Waals surface area contributed by atoms with Crippen LogP contribution < -0.4 is 4.72 Å². The number of sulfonamides is 1. The smallest absolute Gasteiger partial charge is 0.229 e. The molecule has 3 rings (SSSR count). The molecule has 106 valence electrons. The number of allylic oxidation sites excluding steroid dienone is 4. The van der Waals surface area contributed by atoms with Crippen molar-refractivity contribution in [1.29, 1.82) is 0 Å². The van der Waals surface area contributed by atoms with E-state index in [9.17, 15) is 8.42 Å². The maximum Gasteiger partial charge on any atom is 0.229 e. The highest BCUT2D eigenvalue weighted by Crippen LogP contribution is 2.53. The minimum Gasteiger partial charge on any atom is -0.284 e. The van der Waals surface area contributed by atoms with Crippen molar-refractivity contribution in [3.8, 4) is 0 Å². The Kier molecular flexibility index (Phi) is 3.42. The van der Waals surface area contributed by atoms with E-state index >= 15 is 0 Å². The fourth-order valence-corrected chi connectivity index (χ4v) is 3.56. The van der Waals surface area contributed by atoms with E-state index < -0.39 is 10.0 Å². The van der Waals surface area contributed by atoms with Crippen LogP contribution in [0.1, 0.15) is 24.3 Å². The second-order valence-corrected chi connectivity index (χ2v) is 7.46. The van der Waals surface area contributed by atoms with Crippen molar-refractivity contribution >= 4 is 15.7 Å². The quantitative estimate of drug-likeness (QED) is 0.924. The average Bonchev–Trinajstić information content (AvgIpc) is 3.19. The zero-order chi connectivity index (χ0) is 14.2. The van der Waals surface area contributed by atoms with Gasteiger partial charge in [0.15, 0.2) is 0 Å². The Morgan fingerprint density at radius 1 is 1.15 bits per heavy atom. The van der Waals surface area contributed by atoms with E-state index in [1.807, 2.05) is 24.3 Å². The van der Waals surface area contributed by atoms with E-state index in [2.05, 4.69) is 29.0 Å². The lowest BCUT2D eigenvalue weighted by Gasteiger charge is -2.12. The van der Waals surface area contributed by atoms with Crippen molar-refractivity contribution < 1.29 is 8.42 Å². The monoisotopic (exact) mass is 289 g/mol. The van der Waals surface area contributed by atoms with Crippen LogP contribution in [-0.2, 0) is 10.0 Å². The number of rotatable bonds is 4. The van der Waals surface area contributed by atoms with Crippen molar-refractivity contribution in [1.82, 2.24) is 0 Å². The minimum atomic E-state index is -3.19. The van der Waals surface area contributed by atoms with Crippen molar-refractivity contribution in [2.45, 2.75) is 18.8 Å². The maximum absolute atomic E-state index is 11.2. The lowest BCUT2D eigenvalue weighted by molar-refractivity contribution is 0.558. The van der Waals surface area contributed by atoms with Crippen LogP contribution in [0, 0.1) is 11.8 Å². The molecular weight excluding hydrogens is 270 g/mol. The molecular formula is C16H19NO2S. The minimum absolute atomic E-state index is 0.628. The van der Waals surface area contributed by atoms with Gasteiger partial charge in [0, 0.05) is 5.69 Å². The van der Waals surface area contributed by atoms with Crippen LogP contribution in [0.3, 0.4) is 0 Å². The summed E-state index contributed by atoms with van der Waals surface area (Å²) in [6.45, 7) is 0. The maximum atomic E-state index is 11.2. The number of hydrogen-bond acceptors (Lipinski definition) is 2. The molecule has 0 aromatic heterocycles. The van der Waals surface area contributed by atoms with Crippen LogP contribution in [0.5, 0.6) is 0 Å². The third kappa shape index (κ3) is 3.12. The standard InChI is InChI=1S/C16H19NO2S/c1-20(18,19)17-14-9-7-13(8-10-14)16-11-15(16)12-5-3-2-4-6-12/h2-5,7-10,12,15-17H,6,11H2,1H3. The van der Waals surface area contributed by atoms with Crippen LogP contribution in [0.25, 0.3) is 0 Å². The first-order chi connectivity index (χ1) is 9.53. The largest absolute Gasteiger partial charge is 0.284 e. The second-order valence-electron chi connectivity index (χ2n) is 5.71. The molecule has 1 aromatic carbocycles. The molecule has 2 aliphatic rings. The van der Waals surface area contributed by atoms with Crippen LogP contribution in [-0.4, -0.2) is 14.7 Å². The fourth-order valence-electron chi connectivity index (χ4n) is 3.00. The summed E-state index contributed by atoms with van der Waals surface area (Å²) in [7, 11) is -3.19. The highest BCUT2D eigenvalue weighted by Gasteiger charge is 2.42. The Hall–Kier alpha value is -1.55. The van der Waals surface area contributed by atoms with Crippen molar-refractivity contribution in [2.75, 3.05) is 11.0 Å². The highest BCUT2D eigenvalue weighted by atomic mass is 32.2. The zero-order valence-corrected chi connectivity index (χ0v) is 12.3. The van der Waals surface area contributed by atoms with Crippen LogP contribution in [0.2, 0.25) is 0 Å². The molecule has 0 bridgehead atoms. The van der Waals surface area contributed by atoms with Gasteiger partial charge < -0.3 is 0 Å². The molecule has 1 N–H and O–H groups in total. The molecule has 0 spiro atoms. The zero-order valence-electron chi connectivity index (χ0n) is 11.5. The topological polar surface area (TPSA) is 46.2 Å². The summed E-state index contributed by atoms with van der Waals surface area (Å²) in [6.07, 6.45) is 12.3. The van der Waals surface area contributed by atoms with E-state index in [1.165, 1.54) is 18.2 Å². The van der Waals surface area contributed by atoms with Gasteiger partial charge in [-0.25, -0.2) is 8.42 Å². The summed E-state index contributed by atoms with van der Waals surface area (Å²) < 4.78 is 24.8. The summed E-state index contributed by atoms with van der Waals surface area (Å²) in [4.78, 5) is 0. The van der Waals surface area contributed by atoms with Crippen molar-refractivity contribution in [3.05, 3.63) is 54.1 Å². The van der Waals surface area contributed by atoms with E-state index in [0.29, 0.717) is 17.5 Å². The molecule has 4 heteroatoms. The molecule has 1 aromatic rings. The van der Waals surface area contributed by atoms with E-state index in [0.717, 1.165) is 12.3 Å². The number of hydrogen-bond donors (Lipinski definition) is 1. The summed E-state index contributed by atoms with van der Waals surface area (Å²) in [6, 6.07) is 7.78. The normalized spacial score (nSPS) is 28.4. The lowest BCUT2D eigenvalue weighted by Crippen LogP contribution is -2.09. The molecule has 2 aliphatic carbocycles. The Morgan fingerprint density at radius 2 is 1.90 bits per heavy atom. The fraction of sp³-hybridized carbons (Fsp3) is 0.375. The third-order valence-electron chi connectivity index (χ3n) is 4.05. The lowest BCUT2D eigenvalue weighted by atomic mass is 9.93. The van der Waals surface area contributed by atoms with Gasteiger partial charge >= 0.3 is 0 Å². The molecule has 0 heterocycles. The molecule has 20 heavy (non-hydrogen) atoms. The van der Waals surface area contributed by atoms with E-state index in [4.69, 9.17) is 0 Å². The molecule has 0 saturated heterocycles. The van der Waals surface area contributed by atoms with Crippen molar-refractivity contribution in [2.24, 2.45) is 11.8 Å². The summed E-state index contributed by atoms with van der Waals surface area (Å²) in [5.41, 5.74) is 1.95. The Bertz CT molecular complexity index is 644. The average molecular weight is 289 g/mol. The first kappa shape index (κ1) is 13.4. The molecule has 3 atom stereocenters. The van der Waals surface area contributed by atoms with Gasteiger partial charge in [-0.15, -0.1) is 0 Å². The Morgan fingerprint density at radius 3 is 2.50 bits per heavy atom. The van der Waals surface area contributed by atoms with Crippen LogP contribution in [0.4, 0.5) is 5.69 Å². The first-order valence-corrected chi connectivity index (χ1v) is 8.83. The molecule has 0 aliphatic heterocycles. The van der Waals surface area contributed by atoms with Crippen LogP contribution >= 0.6 is 0 Å². The van der Waals surface area contributed by atoms with Gasteiger partial charge in [-0.05, 0) is 48.3 Å². The number of anilines is 1. The van der Waals surface area contributed by atoms with Gasteiger partial charge in [0.05, 0.1) is 6.26 Å². The Labute approximate surface area is 120 Å². The van der Waals surface area contributed by atoms with Gasteiger partial charge in [-0.3, -0.25) is 4.72 Å². The van der Waals surface area contributed by atoms with Gasteiger partial charge in [-0.1, -0.05) is 36.4 Å². The SMILES string of the molecule is CS(=O)(=O)Nc1ccc(C2CC2C2C=CC=CC2)cc1. The van der Waals surface area contributed by atoms with Gasteiger partial charge in [0.2, 0.25) is 10.0 Å². The van der Waals surface area contributed by atoms with Gasteiger partial charge in [0.25, 0.3) is 0 Å². The number of nitrogens with one attached hydrogen (secondary N) is 1. The van der Waals surface area contributed by atoms with Crippen LogP contribution in [0.15, 0.2) is 48.6 Å². The van der Waals surface area contributed by atoms with E-state index in [-0.39, 0.29) is 0 Å². The molecule has 1 fully saturated rings. The molecule has 1 saturated carbocycles. The molecule has 3 unspecified atom stereocenters. The van der Waals surface area contributed by atoms with E-state index in [1.54, 1.807) is 0 Å². The first-order valence-electron chi connectivity index (χ1n) is 6.94. The Balaban J connectivity index is 1.65. The molecule has 3 nitrogen and oxygen atoms in total. The molecule has 0 radical (unpaired) electrons. The third-order valence-corrected chi connectivity index (χ3v) is 4.65. The predicted octanol–water partition coefficient (Wildman–Crippen LogP) is 3.29. The highest BCUT2D eigenvalue weighted by molar-refractivity contribution is 7.92. The van der Waals surface area contributed by atoms with Crippen molar-refractivity contribution in [3.63, 3.8) is 0 Å². The summed E-state index contributed by atoms with van der Waals surface area (Å²) >= 11 is 0. The van der Waals surface area contributed by atoms with Gasteiger partial charge in [-0.2, -0.15) is 0 Å². The summed E-state index contributed by atoms with van der Waals surface area (Å²) in [5.74, 6) is 2.03. The predicted molar refractivity (Wildman–Crippen MR) is 82.1 cm³/mol. The second kappa shape index (κ2) is 5.09. The number of benzene rings is 1. The summed E-state index contributed by atoms with van der Waals surface area (Å²) in [5, 5.41) is 0. The molecule has 0 amide bonds. The van der Waals surface area contributed by atoms with Gasteiger partial charge in [0.1, 0.15) is 0 Å².